The Balaban J connectivity index is 2.21. The first-order valence-corrected chi connectivity index (χ1v) is 12.8. The summed E-state index contributed by atoms with van der Waals surface area (Å²) in [7, 11) is 0. The molecule has 0 bridgehead atoms. The number of carbonyl (C=O) groups is 3. The minimum Gasteiger partial charge on any atom is -0.458 e. The number of azo groups is 1. The predicted molar refractivity (Wildman–Crippen MR) is 135 cm³/mol. The lowest BCUT2D eigenvalue weighted by atomic mass is 10.2. The summed E-state index contributed by atoms with van der Waals surface area (Å²) in [6.45, 7) is 7.84. The number of ether oxygens (including phenoxy) is 1. The molecule has 184 valence electrons. The van der Waals surface area contributed by atoms with Gasteiger partial charge in [0.2, 0.25) is 5.91 Å². The highest BCUT2D eigenvalue weighted by molar-refractivity contribution is 8.01. The lowest BCUT2D eigenvalue weighted by molar-refractivity contribution is -0.147. The number of anilines is 2. The Morgan fingerprint density at radius 2 is 1.94 bits per heavy atom. The Hall–Kier alpha value is -2.86. The van der Waals surface area contributed by atoms with Gasteiger partial charge in [-0.05, 0) is 37.3 Å². The van der Waals surface area contributed by atoms with E-state index in [0.717, 1.165) is 35.2 Å². The van der Waals surface area contributed by atoms with Crippen molar-refractivity contribution in [3.63, 3.8) is 0 Å². The molecule has 0 atom stereocenters. The molecule has 2 aromatic rings. The van der Waals surface area contributed by atoms with Gasteiger partial charge in [0, 0.05) is 25.7 Å². The average molecular weight is 507 g/mol. The highest BCUT2D eigenvalue weighted by atomic mass is 32.2. The molecule has 0 radical (unpaired) electrons. The molecule has 1 N–H and O–H groups in total. The lowest BCUT2D eigenvalue weighted by Crippen LogP contribution is -2.28. The molecule has 2 rings (SSSR count). The van der Waals surface area contributed by atoms with Crippen LogP contribution in [0.1, 0.15) is 47.0 Å². The number of amides is 1. The van der Waals surface area contributed by atoms with Gasteiger partial charge >= 0.3 is 5.97 Å². The maximum Gasteiger partial charge on any atom is 0.308 e. The molecule has 0 spiro atoms. The third kappa shape index (κ3) is 9.56. The van der Waals surface area contributed by atoms with Gasteiger partial charge in [-0.3, -0.25) is 14.4 Å². The fraction of sp³-hybridized carbons (Fsp3) is 0.500. The first kappa shape index (κ1) is 27.4. The Morgan fingerprint density at radius 3 is 2.62 bits per heavy atom. The normalized spacial score (nSPS) is 10.9. The molecular weight excluding hydrogens is 476 g/mol. The number of benzene rings is 1. The van der Waals surface area contributed by atoms with Crippen molar-refractivity contribution in [2.75, 3.05) is 35.7 Å². The summed E-state index contributed by atoms with van der Waals surface area (Å²) in [4.78, 5) is 36.9. The molecule has 1 amide bonds. The number of ketones is 1. The smallest absolute Gasteiger partial charge is 0.308 e. The summed E-state index contributed by atoms with van der Waals surface area (Å²) in [6.07, 6.45) is 2.05. The first-order valence-electron chi connectivity index (χ1n) is 11.0. The van der Waals surface area contributed by atoms with Crippen LogP contribution in [-0.4, -0.2) is 53.3 Å². The second-order valence-corrected chi connectivity index (χ2v) is 9.79. The molecule has 0 unspecified atom stereocenters. The van der Waals surface area contributed by atoms with Crippen LogP contribution in [0.5, 0.6) is 0 Å². The minimum absolute atomic E-state index is 0.142. The van der Waals surface area contributed by atoms with E-state index in [1.807, 2.05) is 24.0 Å². The van der Waals surface area contributed by atoms with Crippen molar-refractivity contribution in [1.29, 1.82) is 0 Å². The average Bonchev–Trinajstić information content (AvgIpc) is 3.24. The Morgan fingerprint density at radius 1 is 1.15 bits per heavy atom. The number of esters is 1. The number of carbonyl (C=O) groups excluding carboxylic acids is 3. The van der Waals surface area contributed by atoms with E-state index in [1.165, 1.54) is 25.2 Å². The van der Waals surface area contributed by atoms with Crippen molar-refractivity contribution in [3.05, 3.63) is 18.2 Å². The van der Waals surface area contributed by atoms with Gasteiger partial charge in [-0.2, -0.15) is 0 Å². The predicted octanol–water partition coefficient (Wildman–Crippen LogP) is 5.15. The molecule has 0 aliphatic rings. The standard InChI is InChI=1S/C22H30N6O4S2/c1-5-7-11-28(12-10-20(31)32-14-15(3)29)17-8-9-18(19(13-17)23-16(4)30)24-25-21-26-27-22(34-21)33-6-2/h8-9,13H,5-7,10-12,14H2,1-4H3,(H,23,30)/b25-24+. The highest BCUT2D eigenvalue weighted by Crippen LogP contribution is 2.33. The molecule has 0 aliphatic heterocycles. The summed E-state index contributed by atoms with van der Waals surface area (Å²) in [5.41, 5.74) is 1.81. The maximum atomic E-state index is 12.0. The van der Waals surface area contributed by atoms with E-state index in [1.54, 1.807) is 17.8 Å². The quantitative estimate of drug-likeness (QED) is 0.212. The monoisotopic (exact) mass is 506 g/mol. The van der Waals surface area contributed by atoms with Crippen molar-refractivity contribution in [3.8, 4) is 0 Å². The van der Waals surface area contributed by atoms with Gasteiger partial charge in [0.25, 0.3) is 5.13 Å². The van der Waals surface area contributed by atoms with Gasteiger partial charge in [0.15, 0.2) is 10.1 Å². The maximum absolute atomic E-state index is 12.0. The fourth-order valence-electron chi connectivity index (χ4n) is 2.82. The van der Waals surface area contributed by atoms with Gasteiger partial charge in [0.05, 0.1) is 12.1 Å². The van der Waals surface area contributed by atoms with Gasteiger partial charge in [-0.25, -0.2) is 0 Å². The van der Waals surface area contributed by atoms with Crippen molar-refractivity contribution in [2.24, 2.45) is 10.2 Å². The number of nitrogens with one attached hydrogen (secondary N) is 1. The van der Waals surface area contributed by atoms with Crippen LogP contribution >= 0.6 is 23.1 Å². The van der Waals surface area contributed by atoms with E-state index >= 15 is 0 Å². The Labute approximate surface area is 207 Å². The van der Waals surface area contributed by atoms with E-state index in [2.05, 4.69) is 32.7 Å². The number of aromatic nitrogens is 2. The molecule has 12 heteroatoms. The molecule has 0 saturated heterocycles. The summed E-state index contributed by atoms with van der Waals surface area (Å²) >= 11 is 2.93. The topological polar surface area (TPSA) is 126 Å². The van der Waals surface area contributed by atoms with Gasteiger partial charge in [-0.1, -0.05) is 43.4 Å². The SMILES string of the molecule is CCCCN(CCC(=O)OCC(C)=O)c1ccc(/N=N/c2nnc(SCC)s2)c(NC(C)=O)c1. The number of rotatable bonds is 14. The molecule has 34 heavy (non-hydrogen) atoms. The Kier molecular flexibility index (Phi) is 11.6. The van der Waals surface area contributed by atoms with Gasteiger partial charge in [0.1, 0.15) is 12.3 Å². The third-order valence-corrected chi connectivity index (χ3v) is 6.19. The Bertz CT molecular complexity index is 1010. The highest BCUT2D eigenvalue weighted by Gasteiger charge is 2.14. The zero-order chi connectivity index (χ0) is 24.9. The molecule has 0 aliphatic carbocycles. The van der Waals surface area contributed by atoms with Crippen LogP contribution in [0.2, 0.25) is 0 Å². The van der Waals surface area contributed by atoms with Crippen LogP contribution in [0.15, 0.2) is 32.8 Å². The van der Waals surface area contributed by atoms with Gasteiger partial charge < -0.3 is 15.0 Å². The number of hydrogen-bond acceptors (Lipinski definition) is 11. The van der Waals surface area contributed by atoms with E-state index < -0.39 is 5.97 Å². The van der Waals surface area contributed by atoms with Crippen LogP contribution in [-0.2, 0) is 19.1 Å². The zero-order valence-corrected chi connectivity index (χ0v) is 21.5. The number of Topliss-reactive ketones (excluding diaryl/α,β-unsaturated/α-hetero) is 1. The molecule has 1 aromatic heterocycles. The number of nitrogens with zero attached hydrogens (tertiary/aromatic N) is 5. The second kappa shape index (κ2) is 14.4. The van der Waals surface area contributed by atoms with Crippen molar-refractivity contribution in [2.45, 2.75) is 51.3 Å². The first-order chi connectivity index (χ1) is 16.3. The van der Waals surface area contributed by atoms with E-state index in [0.29, 0.717) is 23.1 Å². The molecule has 1 aromatic carbocycles. The van der Waals surface area contributed by atoms with Crippen LogP contribution < -0.4 is 10.2 Å². The van der Waals surface area contributed by atoms with E-state index in [9.17, 15) is 14.4 Å². The number of hydrogen-bond donors (Lipinski definition) is 1. The summed E-state index contributed by atoms with van der Waals surface area (Å²) in [6, 6.07) is 5.44. The molecule has 1 heterocycles. The van der Waals surface area contributed by atoms with Crippen molar-refractivity contribution in [1.82, 2.24) is 10.2 Å². The minimum atomic E-state index is -0.429. The van der Waals surface area contributed by atoms with Crippen LogP contribution in [0.4, 0.5) is 22.2 Å². The van der Waals surface area contributed by atoms with Crippen LogP contribution in [0.3, 0.4) is 0 Å². The summed E-state index contributed by atoms with van der Waals surface area (Å²) < 4.78 is 5.79. The van der Waals surface area contributed by atoms with Crippen LogP contribution in [0, 0.1) is 0 Å². The fourth-order valence-corrected chi connectivity index (χ4v) is 4.38. The molecular formula is C22H30N6O4S2. The van der Waals surface area contributed by atoms with Crippen molar-refractivity contribution >= 4 is 63.0 Å². The lowest BCUT2D eigenvalue weighted by Gasteiger charge is -2.25. The zero-order valence-electron chi connectivity index (χ0n) is 19.9. The van der Waals surface area contributed by atoms with Crippen molar-refractivity contribution < 1.29 is 19.1 Å². The summed E-state index contributed by atoms with van der Waals surface area (Å²) in [5.74, 6) is 0.0267. The summed E-state index contributed by atoms with van der Waals surface area (Å²) in [5, 5.41) is 19.7. The third-order valence-electron chi connectivity index (χ3n) is 4.37. The largest absolute Gasteiger partial charge is 0.458 e. The van der Waals surface area contributed by atoms with Crippen LogP contribution in [0.25, 0.3) is 0 Å². The van der Waals surface area contributed by atoms with Gasteiger partial charge in [-0.15, -0.1) is 20.4 Å². The van der Waals surface area contributed by atoms with E-state index in [4.69, 9.17) is 4.74 Å². The number of unbranched alkanes of at least 4 members (excludes halogenated alkanes) is 1. The molecule has 10 nitrogen and oxygen atoms in total. The number of thioether (sulfide) groups is 1. The van der Waals surface area contributed by atoms with E-state index in [-0.39, 0.29) is 24.7 Å². The molecule has 0 fully saturated rings. The molecule has 0 saturated carbocycles. The second-order valence-electron chi connectivity index (χ2n) is 7.32.